The molecule has 0 aliphatic heterocycles. The molecule has 0 radical (unpaired) electrons. The normalized spacial score (nSPS) is 10.9. The highest BCUT2D eigenvalue weighted by Crippen LogP contribution is 2.31. The molecule has 0 heterocycles. The summed E-state index contributed by atoms with van der Waals surface area (Å²) in [7, 11) is 6.27. The maximum absolute atomic E-state index is 12.3. The minimum absolute atomic E-state index is 0.257. The van der Waals surface area contributed by atoms with E-state index in [0.717, 1.165) is 11.1 Å². The highest BCUT2D eigenvalue weighted by atomic mass is 16.5. The van der Waals surface area contributed by atoms with Gasteiger partial charge < -0.3 is 24.3 Å². The zero-order chi connectivity index (χ0) is 19.1. The number of allylic oxidation sites excluding steroid dienone is 1. The summed E-state index contributed by atoms with van der Waals surface area (Å²) in [6.45, 7) is 1.85. The van der Waals surface area contributed by atoms with Crippen LogP contribution in [0.2, 0.25) is 0 Å². The van der Waals surface area contributed by atoms with Crippen LogP contribution < -0.4 is 24.3 Å². The number of hydrogen-bond donors (Lipinski definition) is 1. The number of nitrogens with one attached hydrogen (secondary N) is 1. The fourth-order valence-corrected chi connectivity index (χ4v) is 2.49. The van der Waals surface area contributed by atoms with Crippen LogP contribution in [0.25, 0.3) is 5.57 Å². The van der Waals surface area contributed by atoms with E-state index >= 15 is 0 Å². The second kappa shape index (κ2) is 8.80. The van der Waals surface area contributed by atoms with Crippen molar-refractivity contribution in [2.24, 2.45) is 0 Å². The number of carbonyl (C=O) groups is 1. The number of rotatable bonds is 7. The summed E-state index contributed by atoms with van der Waals surface area (Å²) in [6, 6.07) is 10.6. The fourth-order valence-electron chi connectivity index (χ4n) is 2.49. The van der Waals surface area contributed by atoms with Crippen LogP contribution in [-0.2, 0) is 4.79 Å². The van der Waals surface area contributed by atoms with Gasteiger partial charge in [0.2, 0.25) is 5.91 Å². The Morgan fingerprint density at radius 2 is 1.54 bits per heavy atom. The molecule has 6 heteroatoms. The van der Waals surface area contributed by atoms with E-state index in [1.807, 2.05) is 19.1 Å². The van der Waals surface area contributed by atoms with Crippen LogP contribution in [0.1, 0.15) is 12.5 Å². The number of ether oxygens (including phenoxy) is 4. The quantitative estimate of drug-likeness (QED) is 0.764. The van der Waals surface area contributed by atoms with Gasteiger partial charge in [0.25, 0.3) is 0 Å². The molecule has 2 aromatic carbocycles. The Kier molecular flexibility index (Phi) is 6.49. The Balaban J connectivity index is 2.20. The minimum Gasteiger partial charge on any atom is -0.497 e. The Hall–Kier alpha value is -3.15. The van der Waals surface area contributed by atoms with Crippen LogP contribution in [0.3, 0.4) is 0 Å². The predicted molar refractivity (Wildman–Crippen MR) is 101 cm³/mol. The molecule has 1 N–H and O–H groups in total. The van der Waals surface area contributed by atoms with Gasteiger partial charge in [-0.25, -0.2) is 0 Å². The van der Waals surface area contributed by atoms with E-state index < -0.39 is 0 Å². The van der Waals surface area contributed by atoms with Gasteiger partial charge in [-0.2, -0.15) is 0 Å². The van der Waals surface area contributed by atoms with Crippen molar-refractivity contribution in [1.29, 1.82) is 0 Å². The molecule has 0 saturated heterocycles. The van der Waals surface area contributed by atoms with E-state index in [0.29, 0.717) is 28.7 Å². The number of benzene rings is 2. The Bertz CT molecular complexity index is 814. The van der Waals surface area contributed by atoms with E-state index in [9.17, 15) is 4.79 Å². The van der Waals surface area contributed by atoms with E-state index in [-0.39, 0.29) is 5.91 Å². The summed E-state index contributed by atoms with van der Waals surface area (Å²) in [4.78, 5) is 12.3. The van der Waals surface area contributed by atoms with Crippen molar-refractivity contribution >= 4 is 17.2 Å². The van der Waals surface area contributed by atoms with Crippen molar-refractivity contribution in [3.8, 4) is 23.0 Å². The molecule has 0 unspecified atom stereocenters. The molecule has 0 bridgehead atoms. The van der Waals surface area contributed by atoms with Gasteiger partial charge in [0, 0.05) is 29.5 Å². The number of methoxy groups -OCH3 is 4. The smallest absolute Gasteiger partial charge is 0.248 e. The summed E-state index contributed by atoms with van der Waals surface area (Å²) in [5.74, 6) is 2.21. The van der Waals surface area contributed by atoms with E-state index in [2.05, 4.69) is 5.32 Å². The summed E-state index contributed by atoms with van der Waals surface area (Å²) >= 11 is 0. The Morgan fingerprint density at radius 3 is 2.15 bits per heavy atom. The second-order valence-electron chi connectivity index (χ2n) is 5.45. The average Bonchev–Trinajstić information content (AvgIpc) is 2.66. The van der Waals surface area contributed by atoms with Gasteiger partial charge in [0.15, 0.2) is 11.5 Å². The molecule has 6 nitrogen and oxygen atoms in total. The molecule has 1 amide bonds. The lowest BCUT2D eigenvalue weighted by Gasteiger charge is -2.12. The lowest BCUT2D eigenvalue weighted by atomic mass is 10.1. The first-order valence-electron chi connectivity index (χ1n) is 7.96. The van der Waals surface area contributed by atoms with Crippen molar-refractivity contribution in [3.63, 3.8) is 0 Å². The molecule has 0 fully saturated rings. The Morgan fingerprint density at radius 1 is 0.846 bits per heavy atom. The van der Waals surface area contributed by atoms with Gasteiger partial charge >= 0.3 is 0 Å². The van der Waals surface area contributed by atoms with Gasteiger partial charge in [-0.1, -0.05) is 0 Å². The number of amides is 1. The largest absolute Gasteiger partial charge is 0.497 e. The van der Waals surface area contributed by atoms with Crippen molar-refractivity contribution in [2.75, 3.05) is 33.8 Å². The van der Waals surface area contributed by atoms with Crippen molar-refractivity contribution in [3.05, 3.63) is 48.0 Å². The van der Waals surface area contributed by atoms with Crippen LogP contribution in [0.15, 0.2) is 42.5 Å². The molecule has 138 valence electrons. The molecule has 0 aliphatic rings. The molecule has 0 atom stereocenters. The third kappa shape index (κ3) is 4.47. The maximum Gasteiger partial charge on any atom is 0.248 e. The van der Waals surface area contributed by atoms with Crippen molar-refractivity contribution < 1.29 is 23.7 Å². The monoisotopic (exact) mass is 357 g/mol. The van der Waals surface area contributed by atoms with Gasteiger partial charge in [-0.05, 0) is 36.8 Å². The molecule has 0 spiro atoms. The molecule has 0 saturated carbocycles. The molecule has 0 aromatic heterocycles. The highest BCUT2D eigenvalue weighted by Gasteiger charge is 2.10. The van der Waals surface area contributed by atoms with Crippen LogP contribution in [-0.4, -0.2) is 34.3 Å². The highest BCUT2D eigenvalue weighted by molar-refractivity contribution is 6.04. The number of carbonyl (C=O) groups excluding carboxylic acids is 1. The number of anilines is 1. The minimum atomic E-state index is -0.257. The van der Waals surface area contributed by atoms with E-state index in [1.54, 1.807) is 52.7 Å². The standard InChI is InChI=1S/C20H23NO5/c1-13(16-8-7-15(23-2)12-18(16)25-4)10-20(22)21-14-6-9-17(24-3)19(11-14)26-5/h6-12H,1-5H3,(H,21,22)/b13-10+. The van der Waals surface area contributed by atoms with E-state index in [1.165, 1.54) is 6.08 Å². The van der Waals surface area contributed by atoms with Gasteiger partial charge in [0.05, 0.1) is 28.4 Å². The molecule has 2 aromatic rings. The average molecular weight is 357 g/mol. The van der Waals surface area contributed by atoms with Gasteiger partial charge in [-0.15, -0.1) is 0 Å². The summed E-state index contributed by atoms with van der Waals surface area (Å²) in [6.07, 6.45) is 1.51. The fraction of sp³-hybridized carbons (Fsp3) is 0.250. The van der Waals surface area contributed by atoms with Crippen molar-refractivity contribution in [2.45, 2.75) is 6.92 Å². The molecule has 0 aliphatic carbocycles. The molecule has 26 heavy (non-hydrogen) atoms. The zero-order valence-corrected chi connectivity index (χ0v) is 15.6. The Labute approximate surface area is 153 Å². The van der Waals surface area contributed by atoms with Crippen LogP contribution >= 0.6 is 0 Å². The predicted octanol–water partition coefficient (Wildman–Crippen LogP) is 3.76. The van der Waals surface area contributed by atoms with Crippen LogP contribution in [0.4, 0.5) is 5.69 Å². The van der Waals surface area contributed by atoms with Gasteiger partial charge in [0.1, 0.15) is 11.5 Å². The van der Waals surface area contributed by atoms with Crippen LogP contribution in [0.5, 0.6) is 23.0 Å². The van der Waals surface area contributed by atoms with Crippen molar-refractivity contribution in [1.82, 2.24) is 0 Å². The first-order chi connectivity index (χ1) is 12.5. The summed E-state index contributed by atoms with van der Waals surface area (Å²) in [5.41, 5.74) is 2.19. The lowest BCUT2D eigenvalue weighted by Crippen LogP contribution is -2.09. The van der Waals surface area contributed by atoms with E-state index in [4.69, 9.17) is 18.9 Å². The number of hydrogen-bond acceptors (Lipinski definition) is 5. The first-order valence-corrected chi connectivity index (χ1v) is 7.96. The topological polar surface area (TPSA) is 66.0 Å². The molecular formula is C20H23NO5. The van der Waals surface area contributed by atoms with Gasteiger partial charge in [-0.3, -0.25) is 4.79 Å². The first kappa shape index (κ1) is 19.2. The maximum atomic E-state index is 12.3. The summed E-state index contributed by atoms with van der Waals surface area (Å²) < 4.78 is 21.0. The summed E-state index contributed by atoms with van der Waals surface area (Å²) in [5, 5.41) is 2.81. The third-order valence-electron chi connectivity index (χ3n) is 3.83. The van der Waals surface area contributed by atoms with Crippen LogP contribution in [0, 0.1) is 0 Å². The second-order valence-corrected chi connectivity index (χ2v) is 5.45. The molecule has 2 rings (SSSR count). The lowest BCUT2D eigenvalue weighted by molar-refractivity contribution is -0.111. The molecular weight excluding hydrogens is 334 g/mol. The third-order valence-corrected chi connectivity index (χ3v) is 3.83. The SMILES string of the molecule is COc1ccc(/C(C)=C/C(=O)Nc2ccc(OC)c(OC)c2)c(OC)c1. The zero-order valence-electron chi connectivity index (χ0n) is 15.6.